The molecule has 0 atom stereocenters. The Morgan fingerprint density at radius 3 is 2.43 bits per heavy atom. The highest BCUT2D eigenvalue weighted by Crippen LogP contribution is 2.25. The number of amides is 1. The molecule has 1 aliphatic rings. The van der Waals surface area contributed by atoms with Crippen molar-refractivity contribution in [3.8, 4) is 0 Å². The Morgan fingerprint density at radius 2 is 1.90 bits per heavy atom. The second-order valence-corrected chi connectivity index (χ2v) is 6.46. The van der Waals surface area contributed by atoms with Crippen molar-refractivity contribution in [2.24, 2.45) is 5.84 Å². The fourth-order valence-electron chi connectivity index (χ4n) is 1.84. The second kappa shape index (κ2) is 5.85. The summed E-state index contributed by atoms with van der Waals surface area (Å²) in [6, 6.07) is 0.359. The van der Waals surface area contributed by atoms with Crippen LogP contribution in [0.4, 0.5) is 11.6 Å². The highest BCUT2D eigenvalue weighted by molar-refractivity contribution is 5.81. The van der Waals surface area contributed by atoms with Gasteiger partial charge in [-0.3, -0.25) is 4.79 Å². The molecule has 116 valence electrons. The Hall–Kier alpha value is -1.89. The van der Waals surface area contributed by atoms with Crippen LogP contribution in [0.5, 0.6) is 0 Å². The van der Waals surface area contributed by atoms with Crippen molar-refractivity contribution in [2.75, 3.05) is 17.3 Å². The van der Waals surface area contributed by atoms with E-state index in [4.69, 9.17) is 5.84 Å². The van der Waals surface area contributed by atoms with Gasteiger partial charge in [0.1, 0.15) is 17.5 Å². The first-order valence-corrected chi connectivity index (χ1v) is 7.20. The third kappa shape index (κ3) is 4.04. The monoisotopic (exact) mass is 292 g/mol. The van der Waals surface area contributed by atoms with E-state index < -0.39 is 0 Å². The summed E-state index contributed by atoms with van der Waals surface area (Å²) >= 11 is 0. The third-order valence-electron chi connectivity index (χ3n) is 3.31. The van der Waals surface area contributed by atoms with Crippen molar-refractivity contribution in [1.82, 2.24) is 15.3 Å². The Labute approximate surface area is 125 Å². The zero-order chi connectivity index (χ0) is 15.6. The van der Waals surface area contributed by atoms with Crippen molar-refractivity contribution in [1.29, 1.82) is 0 Å². The molecule has 5 N–H and O–H groups in total. The first kappa shape index (κ1) is 15.5. The third-order valence-corrected chi connectivity index (χ3v) is 3.31. The second-order valence-electron chi connectivity index (χ2n) is 6.46. The number of hydrogen-bond acceptors (Lipinski definition) is 6. The fourth-order valence-corrected chi connectivity index (χ4v) is 1.84. The van der Waals surface area contributed by atoms with Crippen LogP contribution >= 0.6 is 0 Å². The molecular formula is C14H24N6O. The van der Waals surface area contributed by atoms with E-state index in [0.717, 1.165) is 18.4 Å². The summed E-state index contributed by atoms with van der Waals surface area (Å²) in [5, 5.41) is 6.01. The Bertz CT molecular complexity index is 533. The van der Waals surface area contributed by atoms with E-state index in [9.17, 15) is 4.79 Å². The van der Waals surface area contributed by atoms with Crippen molar-refractivity contribution in [2.45, 2.75) is 52.0 Å². The first-order valence-electron chi connectivity index (χ1n) is 7.20. The Balaban J connectivity index is 2.14. The van der Waals surface area contributed by atoms with Crippen LogP contribution in [-0.2, 0) is 10.2 Å². The summed E-state index contributed by atoms with van der Waals surface area (Å²) in [5.41, 5.74) is 3.18. The molecule has 1 aromatic rings. The van der Waals surface area contributed by atoms with E-state index in [1.165, 1.54) is 0 Å². The summed E-state index contributed by atoms with van der Waals surface area (Å²) in [5.74, 6) is 7.37. The standard InChI is InChI=1S/C14H24N6O/c1-8-11(16-7-10(21)17-9-5-6-9)18-13(14(2,3)4)19-12(8)20-15/h9H,5-7,15H2,1-4H3,(H,17,21)(H2,16,18,19,20). The lowest BCUT2D eigenvalue weighted by molar-refractivity contribution is -0.119. The number of nitrogen functional groups attached to an aromatic ring is 1. The largest absolute Gasteiger partial charge is 0.361 e. The van der Waals surface area contributed by atoms with Crippen LogP contribution in [0.3, 0.4) is 0 Å². The van der Waals surface area contributed by atoms with Crippen molar-refractivity contribution in [3.05, 3.63) is 11.4 Å². The van der Waals surface area contributed by atoms with Gasteiger partial charge >= 0.3 is 0 Å². The molecule has 1 fully saturated rings. The maximum atomic E-state index is 11.8. The maximum Gasteiger partial charge on any atom is 0.239 e. The quantitative estimate of drug-likeness (QED) is 0.478. The first-order chi connectivity index (χ1) is 9.81. The zero-order valence-electron chi connectivity index (χ0n) is 13.1. The van der Waals surface area contributed by atoms with Gasteiger partial charge in [-0.2, -0.15) is 0 Å². The number of rotatable bonds is 5. The molecular weight excluding hydrogens is 268 g/mol. The van der Waals surface area contributed by atoms with Gasteiger partial charge in [0.15, 0.2) is 0 Å². The summed E-state index contributed by atoms with van der Waals surface area (Å²) in [4.78, 5) is 20.7. The molecule has 21 heavy (non-hydrogen) atoms. The minimum Gasteiger partial charge on any atom is -0.361 e. The predicted octanol–water partition coefficient (Wildman–Crippen LogP) is 1.06. The molecule has 0 radical (unpaired) electrons. The van der Waals surface area contributed by atoms with E-state index in [1.807, 2.05) is 27.7 Å². The summed E-state index contributed by atoms with van der Waals surface area (Å²) < 4.78 is 0. The highest BCUT2D eigenvalue weighted by Gasteiger charge is 2.24. The van der Waals surface area contributed by atoms with E-state index in [-0.39, 0.29) is 17.9 Å². The number of nitrogens with zero attached hydrogens (tertiary/aromatic N) is 2. The van der Waals surface area contributed by atoms with Crippen molar-refractivity contribution >= 4 is 17.5 Å². The smallest absolute Gasteiger partial charge is 0.239 e. The lowest BCUT2D eigenvalue weighted by atomic mass is 9.95. The highest BCUT2D eigenvalue weighted by atomic mass is 16.2. The number of carbonyl (C=O) groups is 1. The summed E-state index contributed by atoms with van der Waals surface area (Å²) in [6.45, 7) is 8.15. The molecule has 0 saturated heterocycles. The molecule has 1 heterocycles. The SMILES string of the molecule is Cc1c(NN)nc(C(C)(C)C)nc1NCC(=O)NC1CC1. The van der Waals surface area contributed by atoms with Crippen LogP contribution in [0.15, 0.2) is 0 Å². The van der Waals surface area contributed by atoms with E-state index >= 15 is 0 Å². The van der Waals surface area contributed by atoms with Crippen LogP contribution in [0.25, 0.3) is 0 Å². The van der Waals surface area contributed by atoms with Crippen LogP contribution in [-0.4, -0.2) is 28.5 Å². The van der Waals surface area contributed by atoms with Crippen molar-refractivity contribution < 1.29 is 4.79 Å². The lowest BCUT2D eigenvalue weighted by Crippen LogP contribution is -2.32. The molecule has 1 saturated carbocycles. The molecule has 1 aliphatic carbocycles. The number of nitrogens with one attached hydrogen (secondary N) is 3. The average molecular weight is 292 g/mol. The van der Waals surface area contributed by atoms with Gasteiger partial charge in [-0.15, -0.1) is 0 Å². The molecule has 1 aromatic heterocycles. The topological polar surface area (TPSA) is 105 Å². The van der Waals surface area contributed by atoms with Crippen LogP contribution in [0.1, 0.15) is 45.0 Å². The number of hydrazine groups is 1. The molecule has 7 nitrogen and oxygen atoms in total. The Kier molecular flexibility index (Phi) is 4.32. The number of aromatic nitrogens is 2. The molecule has 0 spiro atoms. The molecule has 0 aliphatic heterocycles. The van der Waals surface area contributed by atoms with Crippen molar-refractivity contribution in [3.63, 3.8) is 0 Å². The molecule has 0 aromatic carbocycles. The zero-order valence-corrected chi connectivity index (χ0v) is 13.1. The van der Waals surface area contributed by atoms with Crippen LogP contribution in [0.2, 0.25) is 0 Å². The Morgan fingerprint density at radius 1 is 1.29 bits per heavy atom. The summed E-state index contributed by atoms with van der Waals surface area (Å²) in [7, 11) is 0. The van der Waals surface area contributed by atoms with Crippen LogP contribution < -0.4 is 21.9 Å². The van der Waals surface area contributed by atoms with E-state index in [2.05, 4.69) is 26.0 Å². The molecule has 2 rings (SSSR count). The van der Waals surface area contributed by atoms with Gasteiger partial charge in [0.25, 0.3) is 0 Å². The predicted molar refractivity (Wildman–Crippen MR) is 82.9 cm³/mol. The van der Waals surface area contributed by atoms with Gasteiger partial charge < -0.3 is 16.1 Å². The fraction of sp³-hybridized carbons (Fsp3) is 0.643. The number of carbonyl (C=O) groups excluding carboxylic acids is 1. The van der Waals surface area contributed by atoms with Gasteiger partial charge in [-0.05, 0) is 19.8 Å². The van der Waals surface area contributed by atoms with Gasteiger partial charge in [0.2, 0.25) is 5.91 Å². The van der Waals surface area contributed by atoms with E-state index in [0.29, 0.717) is 23.5 Å². The number of anilines is 2. The normalized spacial score (nSPS) is 14.7. The molecule has 0 unspecified atom stereocenters. The van der Waals surface area contributed by atoms with Gasteiger partial charge in [0, 0.05) is 17.0 Å². The van der Waals surface area contributed by atoms with Crippen LogP contribution in [0, 0.1) is 6.92 Å². The van der Waals surface area contributed by atoms with Gasteiger partial charge in [-0.1, -0.05) is 20.8 Å². The van der Waals surface area contributed by atoms with Gasteiger partial charge in [0.05, 0.1) is 6.54 Å². The summed E-state index contributed by atoms with van der Waals surface area (Å²) in [6.07, 6.45) is 2.15. The molecule has 0 bridgehead atoms. The maximum absolute atomic E-state index is 11.8. The van der Waals surface area contributed by atoms with E-state index in [1.54, 1.807) is 0 Å². The minimum absolute atomic E-state index is 0.0184. The average Bonchev–Trinajstić information content (AvgIpc) is 3.20. The molecule has 1 amide bonds. The molecule has 7 heteroatoms. The lowest BCUT2D eigenvalue weighted by Gasteiger charge is -2.20. The number of nitrogens with two attached hydrogens (primary N) is 1. The van der Waals surface area contributed by atoms with Gasteiger partial charge in [-0.25, -0.2) is 15.8 Å². The number of hydrogen-bond donors (Lipinski definition) is 4. The minimum atomic E-state index is -0.202.